The molecule has 2 bridgehead atoms. The number of ether oxygens (including phenoxy) is 5. The van der Waals surface area contributed by atoms with Crippen LogP contribution in [0, 0.1) is 0 Å². The highest BCUT2D eigenvalue weighted by atomic mass is 16.6. The molecule has 0 aromatic rings. The minimum Gasteiger partial charge on any atom is -0.379 e. The lowest BCUT2D eigenvalue weighted by Gasteiger charge is -2.28. The molecule has 0 amide bonds. The molecular formula is C22H44N2O5. The van der Waals surface area contributed by atoms with Crippen molar-refractivity contribution in [3.8, 4) is 0 Å². The molecule has 2 unspecified atom stereocenters. The first kappa shape index (κ1) is 25.0. The monoisotopic (exact) mass is 416 g/mol. The second-order valence-electron chi connectivity index (χ2n) is 8.02. The zero-order chi connectivity index (χ0) is 20.6. The molecule has 172 valence electrons. The van der Waals surface area contributed by atoms with Gasteiger partial charge < -0.3 is 23.7 Å². The smallest absolute Gasteiger partial charge is 0.0813 e. The summed E-state index contributed by atoms with van der Waals surface area (Å²) in [5, 5.41) is 0. The van der Waals surface area contributed by atoms with Crippen LogP contribution in [0.1, 0.15) is 39.5 Å². The van der Waals surface area contributed by atoms with Crippen molar-refractivity contribution in [2.45, 2.75) is 51.7 Å². The Bertz CT molecular complexity index is 342. The van der Waals surface area contributed by atoms with Crippen LogP contribution in [0.15, 0.2) is 0 Å². The van der Waals surface area contributed by atoms with E-state index in [1.165, 1.54) is 0 Å². The molecule has 3 saturated heterocycles. The lowest BCUT2D eigenvalue weighted by molar-refractivity contribution is -0.0944. The summed E-state index contributed by atoms with van der Waals surface area (Å²) in [5.74, 6) is 0. The average molecular weight is 417 g/mol. The second kappa shape index (κ2) is 16.4. The molecule has 0 spiro atoms. The summed E-state index contributed by atoms with van der Waals surface area (Å²) in [6.45, 7) is 15.6. The predicted molar refractivity (Wildman–Crippen MR) is 115 cm³/mol. The summed E-state index contributed by atoms with van der Waals surface area (Å²) in [6.07, 6.45) is 4.55. The third-order valence-corrected chi connectivity index (χ3v) is 5.52. The van der Waals surface area contributed by atoms with Crippen LogP contribution in [0.25, 0.3) is 0 Å². The van der Waals surface area contributed by atoms with Crippen molar-refractivity contribution in [3.05, 3.63) is 0 Å². The van der Waals surface area contributed by atoms with E-state index < -0.39 is 0 Å². The SMILES string of the molecule is CCCC1COCCN2CCOCCN(CCOCC2)CCOCC(CCC)O1. The maximum Gasteiger partial charge on any atom is 0.0813 e. The summed E-state index contributed by atoms with van der Waals surface area (Å²) in [7, 11) is 0. The van der Waals surface area contributed by atoms with Crippen molar-refractivity contribution in [2.75, 3.05) is 92.1 Å². The fourth-order valence-corrected chi connectivity index (χ4v) is 3.76. The first-order valence-corrected chi connectivity index (χ1v) is 11.7. The van der Waals surface area contributed by atoms with Gasteiger partial charge in [0, 0.05) is 39.3 Å². The van der Waals surface area contributed by atoms with Crippen LogP contribution >= 0.6 is 0 Å². The number of fused-ring (bicyclic) bond motifs is 18. The lowest BCUT2D eigenvalue weighted by Crippen LogP contribution is -2.39. The van der Waals surface area contributed by atoms with E-state index in [1.54, 1.807) is 0 Å². The number of nitrogens with zero attached hydrogens (tertiary/aromatic N) is 2. The summed E-state index contributed by atoms with van der Waals surface area (Å²) in [4.78, 5) is 4.76. The number of hydrogen-bond acceptors (Lipinski definition) is 7. The van der Waals surface area contributed by atoms with E-state index in [0.717, 1.165) is 91.4 Å². The molecule has 7 nitrogen and oxygen atoms in total. The largest absolute Gasteiger partial charge is 0.379 e. The Kier molecular flexibility index (Phi) is 14.1. The van der Waals surface area contributed by atoms with Gasteiger partial charge in [0.05, 0.1) is 65.1 Å². The van der Waals surface area contributed by atoms with Crippen molar-refractivity contribution >= 4 is 0 Å². The highest BCUT2D eigenvalue weighted by Gasteiger charge is 2.18. The molecule has 0 aliphatic carbocycles. The summed E-state index contributed by atoms with van der Waals surface area (Å²) >= 11 is 0. The van der Waals surface area contributed by atoms with Gasteiger partial charge in [-0.15, -0.1) is 0 Å². The molecule has 29 heavy (non-hydrogen) atoms. The van der Waals surface area contributed by atoms with Crippen LogP contribution in [-0.2, 0) is 23.7 Å². The molecule has 3 fully saturated rings. The molecule has 3 aliphatic heterocycles. The van der Waals surface area contributed by atoms with Crippen LogP contribution < -0.4 is 0 Å². The topological polar surface area (TPSA) is 52.6 Å². The van der Waals surface area contributed by atoms with Crippen molar-refractivity contribution in [2.24, 2.45) is 0 Å². The molecule has 3 aliphatic rings. The molecule has 3 heterocycles. The van der Waals surface area contributed by atoms with Gasteiger partial charge in [-0.3, -0.25) is 9.80 Å². The van der Waals surface area contributed by atoms with Crippen LogP contribution in [0.3, 0.4) is 0 Å². The quantitative estimate of drug-likeness (QED) is 0.650. The fourth-order valence-electron chi connectivity index (χ4n) is 3.76. The van der Waals surface area contributed by atoms with Crippen molar-refractivity contribution in [1.29, 1.82) is 0 Å². The molecule has 0 aromatic heterocycles. The van der Waals surface area contributed by atoms with E-state index in [4.69, 9.17) is 23.7 Å². The zero-order valence-electron chi connectivity index (χ0n) is 18.8. The summed E-state index contributed by atoms with van der Waals surface area (Å²) < 4.78 is 30.2. The van der Waals surface area contributed by atoms with Crippen molar-refractivity contribution < 1.29 is 23.7 Å². The maximum atomic E-state index is 6.40. The number of hydrogen-bond donors (Lipinski definition) is 0. The van der Waals surface area contributed by atoms with E-state index in [9.17, 15) is 0 Å². The molecule has 0 radical (unpaired) electrons. The third-order valence-electron chi connectivity index (χ3n) is 5.52. The van der Waals surface area contributed by atoms with Crippen LogP contribution in [0.4, 0.5) is 0 Å². The Balaban J connectivity index is 1.97. The summed E-state index contributed by atoms with van der Waals surface area (Å²) in [5.41, 5.74) is 0. The Morgan fingerprint density at radius 1 is 0.552 bits per heavy atom. The molecule has 7 heteroatoms. The molecule has 2 atom stereocenters. The van der Waals surface area contributed by atoms with Gasteiger partial charge in [-0.2, -0.15) is 0 Å². The van der Waals surface area contributed by atoms with Crippen molar-refractivity contribution in [3.63, 3.8) is 0 Å². The highest BCUT2D eigenvalue weighted by Crippen LogP contribution is 2.12. The third kappa shape index (κ3) is 11.6. The first-order valence-electron chi connectivity index (χ1n) is 11.7. The molecule has 3 rings (SSSR count). The Morgan fingerprint density at radius 3 is 1.24 bits per heavy atom. The molecule has 0 N–H and O–H groups in total. The summed E-state index contributed by atoms with van der Waals surface area (Å²) in [6, 6.07) is 0. The minimum absolute atomic E-state index is 0.148. The van der Waals surface area contributed by atoms with E-state index in [2.05, 4.69) is 23.6 Å². The van der Waals surface area contributed by atoms with Gasteiger partial charge in [0.1, 0.15) is 0 Å². The Hall–Kier alpha value is -0.280. The standard InChI is InChI=1S/C22H44N2O5/c1-3-5-21-19-27-17-11-23-7-13-25-15-9-24(10-16-26-14-8-23)12-18-28-20-22(29-21)6-4-2/h21-22H,3-20H2,1-2H3. The van der Waals surface area contributed by atoms with Crippen LogP contribution in [0.5, 0.6) is 0 Å². The van der Waals surface area contributed by atoms with E-state index in [0.29, 0.717) is 26.4 Å². The molecule has 0 saturated carbocycles. The Morgan fingerprint density at radius 2 is 0.897 bits per heavy atom. The van der Waals surface area contributed by atoms with E-state index >= 15 is 0 Å². The van der Waals surface area contributed by atoms with Gasteiger partial charge in [0.2, 0.25) is 0 Å². The predicted octanol–water partition coefficient (Wildman–Crippen LogP) is 2.04. The Labute approximate surface area is 177 Å². The maximum absolute atomic E-state index is 6.40. The van der Waals surface area contributed by atoms with Gasteiger partial charge in [-0.25, -0.2) is 0 Å². The lowest BCUT2D eigenvalue weighted by atomic mass is 10.2. The fraction of sp³-hybridized carbons (Fsp3) is 1.00. The zero-order valence-corrected chi connectivity index (χ0v) is 18.8. The van der Waals surface area contributed by atoms with Crippen LogP contribution in [-0.4, -0.2) is 114 Å². The normalized spacial score (nSPS) is 32.5. The highest BCUT2D eigenvalue weighted by molar-refractivity contribution is 4.66. The van der Waals surface area contributed by atoms with Gasteiger partial charge in [-0.05, 0) is 12.8 Å². The van der Waals surface area contributed by atoms with Crippen molar-refractivity contribution in [1.82, 2.24) is 9.80 Å². The van der Waals surface area contributed by atoms with Gasteiger partial charge in [0.15, 0.2) is 0 Å². The van der Waals surface area contributed by atoms with Crippen LogP contribution in [0.2, 0.25) is 0 Å². The molecule has 0 aromatic carbocycles. The van der Waals surface area contributed by atoms with E-state index in [1.807, 2.05) is 0 Å². The molecular weight excluding hydrogens is 372 g/mol. The van der Waals surface area contributed by atoms with Gasteiger partial charge in [0.25, 0.3) is 0 Å². The van der Waals surface area contributed by atoms with Gasteiger partial charge >= 0.3 is 0 Å². The van der Waals surface area contributed by atoms with Gasteiger partial charge in [-0.1, -0.05) is 26.7 Å². The minimum atomic E-state index is 0.148. The number of rotatable bonds is 4. The second-order valence-corrected chi connectivity index (χ2v) is 8.02. The van der Waals surface area contributed by atoms with E-state index in [-0.39, 0.29) is 12.2 Å². The first-order chi connectivity index (χ1) is 14.3. The average Bonchev–Trinajstić information content (AvgIpc) is 2.70.